The molecule has 0 aliphatic heterocycles. The van der Waals surface area contributed by atoms with E-state index in [0.717, 1.165) is 0 Å². The summed E-state index contributed by atoms with van der Waals surface area (Å²) >= 11 is 5.80. The second kappa shape index (κ2) is 6.55. The van der Waals surface area contributed by atoms with Crippen LogP contribution in [0, 0.1) is 0 Å². The van der Waals surface area contributed by atoms with E-state index in [1.165, 1.54) is 6.92 Å². The Balaban J connectivity index is 2.06. The van der Waals surface area contributed by atoms with Crippen LogP contribution >= 0.6 is 11.6 Å². The van der Waals surface area contributed by atoms with Crippen molar-refractivity contribution in [2.75, 3.05) is 0 Å². The summed E-state index contributed by atoms with van der Waals surface area (Å²) in [7, 11) is 0. The van der Waals surface area contributed by atoms with Gasteiger partial charge in [-0.3, -0.25) is 9.59 Å². The Morgan fingerprint density at radius 1 is 0.952 bits per heavy atom. The normalized spacial score (nSPS) is 11.8. The predicted octanol–water partition coefficient (Wildman–Crippen LogP) is 4.19. The molecule has 2 rings (SSSR count). The van der Waals surface area contributed by atoms with Gasteiger partial charge in [0.25, 0.3) is 0 Å². The molecule has 108 valence electrons. The van der Waals surface area contributed by atoms with Crippen molar-refractivity contribution in [2.24, 2.45) is 0 Å². The first-order valence-electron chi connectivity index (χ1n) is 6.55. The summed E-state index contributed by atoms with van der Waals surface area (Å²) in [5.74, 6) is 0.420. The van der Waals surface area contributed by atoms with E-state index >= 15 is 0 Å². The van der Waals surface area contributed by atoms with Gasteiger partial charge in [0.15, 0.2) is 11.9 Å². The molecule has 0 fully saturated rings. The quantitative estimate of drug-likeness (QED) is 0.778. The molecular formula is C17H15ClO3. The van der Waals surface area contributed by atoms with Gasteiger partial charge in [-0.05, 0) is 62.4 Å². The third-order valence-corrected chi connectivity index (χ3v) is 3.32. The van der Waals surface area contributed by atoms with Gasteiger partial charge in [-0.1, -0.05) is 11.6 Å². The second-order valence-corrected chi connectivity index (χ2v) is 5.15. The highest BCUT2D eigenvalue weighted by Gasteiger charge is 2.16. The van der Waals surface area contributed by atoms with Gasteiger partial charge < -0.3 is 4.74 Å². The molecule has 0 amide bonds. The summed E-state index contributed by atoms with van der Waals surface area (Å²) in [6, 6.07) is 13.4. The van der Waals surface area contributed by atoms with Crippen molar-refractivity contribution in [3.63, 3.8) is 0 Å². The van der Waals surface area contributed by atoms with Crippen LogP contribution in [0.5, 0.6) is 5.75 Å². The van der Waals surface area contributed by atoms with Crippen molar-refractivity contribution < 1.29 is 14.3 Å². The minimum atomic E-state index is -0.616. The Morgan fingerprint density at radius 2 is 1.48 bits per heavy atom. The molecule has 0 radical (unpaired) electrons. The summed E-state index contributed by atoms with van der Waals surface area (Å²) < 4.78 is 5.60. The van der Waals surface area contributed by atoms with Crippen LogP contribution in [0.1, 0.15) is 34.6 Å². The Kier molecular flexibility index (Phi) is 4.76. The number of ketones is 2. The standard InChI is InChI=1S/C17H15ClO3/c1-11(19)13-5-9-16(10-6-13)21-12(2)17(20)14-3-7-15(18)8-4-14/h3-10,12H,1-2H3. The molecule has 2 aromatic carbocycles. The van der Waals surface area contributed by atoms with E-state index in [-0.39, 0.29) is 11.6 Å². The highest BCUT2D eigenvalue weighted by Crippen LogP contribution is 2.17. The molecule has 0 N–H and O–H groups in total. The number of halogens is 1. The van der Waals surface area contributed by atoms with E-state index in [2.05, 4.69) is 0 Å². The Hall–Kier alpha value is -2.13. The smallest absolute Gasteiger partial charge is 0.202 e. The highest BCUT2D eigenvalue weighted by molar-refractivity contribution is 6.30. The maximum atomic E-state index is 12.2. The van der Waals surface area contributed by atoms with Crippen LogP contribution < -0.4 is 4.74 Å². The number of carbonyl (C=O) groups is 2. The molecule has 0 bridgehead atoms. The minimum absolute atomic E-state index is 0.00756. The average molecular weight is 303 g/mol. The molecule has 0 saturated carbocycles. The van der Waals surface area contributed by atoms with Crippen molar-refractivity contribution in [3.05, 3.63) is 64.7 Å². The maximum absolute atomic E-state index is 12.2. The van der Waals surface area contributed by atoms with Gasteiger partial charge in [-0.2, -0.15) is 0 Å². The molecule has 3 nitrogen and oxygen atoms in total. The Labute approximate surface area is 128 Å². The molecule has 0 aliphatic carbocycles. The lowest BCUT2D eigenvalue weighted by atomic mass is 10.1. The summed E-state index contributed by atoms with van der Waals surface area (Å²) in [5, 5.41) is 0.583. The monoisotopic (exact) mass is 302 g/mol. The molecule has 0 aliphatic rings. The van der Waals surface area contributed by atoms with E-state index in [4.69, 9.17) is 16.3 Å². The number of hydrogen-bond donors (Lipinski definition) is 0. The zero-order valence-electron chi connectivity index (χ0n) is 11.8. The van der Waals surface area contributed by atoms with Crippen LogP contribution in [0.25, 0.3) is 0 Å². The van der Waals surface area contributed by atoms with Crippen LogP contribution in [0.4, 0.5) is 0 Å². The Morgan fingerprint density at radius 3 is 2.00 bits per heavy atom. The molecule has 0 spiro atoms. The van der Waals surface area contributed by atoms with Crippen molar-refractivity contribution in [1.29, 1.82) is 0 Å². The number of ether oxygens (including phenoxy) is 1. The van der Waals surface area contributed by atoms with Crippen LogP contribution in [0.15, 0.2) is 48.5 Å². The van der Waals surface area contributed by atoms with Crippen LogP contribution in [0.2, 0.25) is 5.02 Å². The van der Waals surface area contributed by atoms with Crippen LogP contribution in [0.3, 0.4) is 0 Å². The van der Waals surface area contributed by atoms with Gasteiger partial charge in [0.05, 0.1) is 0 Å². The maximum Gasteiger partial charge on any atom is 0.202 e. The van der Waals surface area contributed by atoms with Gasteiger partial charge in [-0.15, -0.1) is 0 Å². The number of carbonyl (C=O) groups excluding carboxylic acids is 2. The zero-order chi connectivity index (χ0) is 15.4. The fourth-order valence-corrected chi connectivity index (χ4v) is 2.00. The molecule has 0 heterocycles. The van der Waals surface area contributed by atoms with Gasteiger partial charge in [-0.25, -0.2) is 0 Å². The molecule has 1 atom stereocenters. The molecule has 21 heavy (non-hydrogen) atoms. The molecule has 1 unspecified atom stereocenters. The largest absolute Gasteiger partial charge is 0.483 e. The van der Waals surface area contributed by atoms with Crippen molar-refractivity contribution >= 4 is 23.2 Å². The first-order chi connectivity index (χ1) is 9.97. The number of rotatable bonds is 5. The van der Waals surface area contributed by atoms with Crippen LogP contribution in [-0.2, 0) is 0 Å². The summed E-state index contributed by atoms with van der Waals surface area (Å²) in [6.07, 6.45) is -0.616. The van der Waals surface area contributed by atoms with Crippen molar-refractivity contribution in [2.45, 2.75) is 20.0 Å². The SMILES string of the molecule is CC(=O)c1ccc(OC(C)C(=O)c2ccc(Cl)cc2)cc1. The Bertz CT molecular complexity index is 645. The van der Waals surface area contributed by atoms with Gasteiger partial charge in [0, 0.05) is 16.1 Å². The van der Waals surface area contributed by atoms with Crippen LogP contribution in [-0.4, -0.2) is 17.7 Å². The number of hydrogen-bond acceptors (Lipinski definition) is 3. The van der Waals surface area contributed by atoms with Gasteiger partial charge in [0.2, 0.25) is 5.78 Å². The second-order valence-electron chi connectivity index (χ2n) is 4.71. The summed E-state index contributed by atoms with van der Waals surface area (Å²) in [5.41, 5.74) is 1.16. The van der Waals surface area contributed by atoms with E-state index < -0.39 is 6.10 Å². The molecule has 2 aromatic rings. The van der Waals surface area contributed by atoms with Gasteiger partial charge >= 0.3 is 0 Å². The first kappa shape index (κ1) is 15.3. The molecule has 4 heteroatoms. The van der Waals surface area contributed by atoms with E-state index in [1.54, 1.807) is 55.5 Å². The lowest BCUT2D eigenvalue weighted by Gasteiger charge is -2.14. The fourth-order valence-electron chi connectivity index (χ4n) is 1.87. The van der Waals surface area contributed by atoms with E-state index in [0.29, 0.717) is 21.9 Å². The lowest BCUT2D eigenvalue weighted by Crippen LogP contribution is -2.23. The molecule has 0 aromatic heterocycles. The van der Waals surface area contributed by atoms with E-state index in [9.17, 15) is 9.59 Å². The van der Waals surface area contributed by atoms with Gasteiger partial charge in [0.1, 0.15) is 5.75 Å². The highest BCUT2D eigenvalue weighted by atomic mass is 35.5. The topological polar surface area (TPSA) is 43.4 Å². The zero-order valence-corrected chi connectivity index (χ0v) is 12.6. The third kappa shape index (κ3) is 3.92. The summed E-state index contributed by atoms with van der Waals surface area (Å²) in [6.45, 7) is 3.19. The van der Waals surface area contributed by atoms with Crippen molar-refractivity contribution in [3.8, 4) is 5.75 Å². The van der Waals surface area contributed by atoms with Crippen molar-refractivity contribution in [1.82, 2.24) is 0 Å². The molecular weight excluding hydrogens is 288 g/mol. The number of benzene rings is 2. The first-order valence-corrected chi connectivity index (χ1v) is 6.92. The number of Topliss-reactive ketones (excluding diaryl/α,β-unsaturated/α-hetero) is 2. The lowest BCUT2D eigenvalue weighted by molar-refractivity contribution is 0.0817. The predicted molar refractivity (Wildman–Crippen MR) is 82.3 cm³/mol. The third-order valence-electron chi connectivity index (χ3n) is 3.07. The fraction of sp³-hybridized carbons (Fsp3) is 0.176. The minimum Gasteiger partial charge on any atom is -0.483 e. The summed E-state index contributed by atoms with van der Waals surface area (Å²) in [4.78, 5) is 23.4. The molecule has 0 saturated heterocycles. The average Bonchev–Trinajstić information content (AvgIpc) is 2.47. The van der Waals surface area contributed by atoms with E-state index in [1.807, 2.05) is 0 Å².